The van der Waals surface area contributed by atoms with Gasteiger partial charge < -0.3 is 45.1 Å². The topological polar surface area (TPSA) is 167 Å². The fourth-order valence-corrected chi connectivity index (χ4v) is 4.33. The number of hydrogen-bond acceptors (Lipinski definition) is 11. The van der Waals surface area contributed by atoms with Crippen molar-refractivity contribution in [2.75, 3.05) is 39.9 Å². The maximum atomic E-state index is 11.0. The smallest absolute Gasteiger partial charge is 0.142 e. The van der Waals surface area contributed by atoms with Crippen LogP contribution in [0.15, 0.2) is 41.1 Å². The normalized spacial score (nSPS) is 16.6. The molecule has 0 aliphatic rings. The van der Waals surface area contributed by atoms with Crippen molar-refractivity contribution in [2.45, 2.75) is 30.0 Å². The third-order valence-electron chi connectivity index (χ3n) is 6.09. The summed E-state index contributed by atoms with van der Waals surface area (Å²) in [5.74, 6) is 0.607. The van der Waals surface area contributed by atoms with Gasteiger partial charge in [-0.2, -0.15) is 0 Å². The molecule has 0 spiro atoms. The molecular formula is C24H29BrClN3O8. The van der Waals surface area contributed by atoms with Gasteiger partial charge in [-0.3, -0.25) is 0 Å². The molecular weight excluding hydrogens is 574 g/mol. The van der Waals surface area contributed by atoms with Gasteiger partial charge in [-0.25, -0.2) is 9.97 Å². The maximum absolute atomic E-state index is 11.0. The van der Waals surface area contributed by atoms with E-state index in [9.17, 15) is 25.5 Å². The zero-order valence-electron chi connectivity index (χ0n) is 20.3. The molecule has 1 aromatic heterocycles. The summed E-state index contributed by atoms with van der Waals surface area (Å²) in [4.78, 5) is 8.54. The molecule has 1 heterocycles. The van der Waals surface area contributed by atoms with Crippen molar-refractivity contribution >= 4 is 49.9 Å². The molecule has 37 heavy (non-hydrogen) atoms. The van der Waals surface area contributed by atoms with Crippen molar-refractivity contribution in [3.05, 3.63) is 51.7 Å². The van der Waals surface area contributed by atoms with Crippen molar-refractivity contribution in [3.63, 3.8) is 0 Å². The number of rotatable bonds is 12. The number of aliphatic hydroxyl groups is 5. The van der Waals surface area contributed by atoms with E-state index >= 15 is 0 Å². The number of anilines is 2. The maximum Gasteiger partial charge on any atom is 0.142 e. The minimum absolute atomic E-state index is 0.101. The minimum Gasteiger partial charge on any atom is -0.496 e. The van der Waals surface area contributed by atoms with Crippen molar-refractivity contribution < 1.29 is 39.7 Å². The highest BCUT2D eigenvalue weighted by Crippen LogP contribution is 2.36. The van der Waals surface area contributed by atoms with Crippen LogP contribution in [0.3, 0.4) is 0 Å². The van der Waals surface area contributed by atoms with Crippen molar-refractivity contribution in [3.8, 4) is 5.75 Å². The molecule has 11 nitrogen and oxygen atoms in total. The summed E-state index contributed by atoms with van der Waals surface area (Å²) in [6.07, 6.45) is -6.03. The predicted molar refractivity (Wildman–Crippen MR) is 140 cm³/mol. The van der Waals surface area contributed by atoms with E-state index in [0.717, 1.165) is 4.47 Å². The van der Waals surface area contributed by atoms with Crippen LogP contribution in [0.2, 0.25) is 5.02 Å². The molecule has 0 bridgehead atoms. The third-order valence-corrected chi connectivity index (χ3v) is 7.32. The molecule has 0 aliphatic carbocycles. The number of benzene rings is 2. The Hall–Kier alpha value is -2.13. The van der Waals surface area contributed by atoms with Crippen molar-refractivity contribution in [1.29, 1.82) is 0 Å². The van der Waals surface area contributed by atoms with Gasteiger partial charge in [0.15, 0.2) is 0 Å². The molecule has 2 aromatic carbocycles. The number of halogens is 2. The minimum atomic E-state index is -1.93. The van der Waals surface area contributed by atoms with E-state index in [4.69, 9.17) is 25.8 Å². The van der Waals surface area contributed by atoms with Crippen LogP contribution in [0.25, 0.3) is 10.9 Å². The Bertz CT molecular complexity index is 1220. The average molecular weight is 603 g/mol. The summed E-state index contributed by atoms with van der Waals surface area (Å²) in [5.41, 5.74) is -0.556. The lowest BCUT2D eigenvalue weighted by Gasteiger charge is -2.38. The number of aromatic nitrogens is 2. The molecule has 202 valence electrons. The SMILES string of the molecule is COC[C@@](CO)(OC)[C@H](O)[C@@H](O)[C@H](O)C(O)c1cc2ncnc(Nc3ccc(Br)c(Cl)c3)c2cc1OC. The van der Waals surface area contributed by atoms with Crippen LogP contribution in [0.4, 0.5) is 11.5 Å². The second-order valence-electron chi connectivity index (χ2n) is 8.32. The first-order chi connectivity index (χ1) is 17.6. The van der Waals surface area contributed by atoms with Crippen LogP contribution < -0.4 is 10.1 Å². The number of nitrogens with zero attached hydrogens (tertiary/aromatic N) is 2. The quantitative estimate of drug-likeness (QED) is 0.179. The summed E-state index contributed by atoms with van der Waals surface area (Å²) in [6, 6.07) is 8.36. The summed E-state index contributed by atoms with van der Waals surface area (Å²) < 4.78 is 16.4. The summed E-state index contributed by atoms with van der Waals surface area (Å²) in [6.45, 7) is -0.995. The van der Waals surface area contributed by atoms with Gasteiger partial charge in [0.05, 0.1) is 30.9 Å². The summed E-state index contributed by atoms with van der Waals surface area (Å²) >= 11 is 9.53. The highest BCUT2D eigenvalue weighted by molar-refractivity contribution is 9.10. The average Bonchev–Trinajstić information content (AvgIpc) is 2.91. The first-order valence-corrected chi connectivity index (χ1v) is 12.2. The van der Waals surface area contributed by atoms with E-state index in [1.165, 1.54) is 33.7 Å². The molecule has 5 atom stereocenters. The van der Waals surface area contributed by atoms with E-state index in [1.54, 1.807) is 24.3 Å². The summed E-state index contributed by atoms with van der Waals surface area (Å²) in [5, 5.41) is 57.1. The number of fused-ring (bicyclic) bond motifs is 1. The molecule has 0 saturated carbocycles. The molecule has 3 rings (SSSR count). The van der Waals surface area contributed by atoms with Crippen LogP contribution in [0.1, 0.15) is 11.7 Å². The molecule has 0 fully saturated rings. The van der Waals surface area contributed by atoms with Crippen LogP contribution in [-0.2, 0) is 9.47 Å². The molecule has 3 aromatic rings. The van der Waals surface area contributed by atoms with Gasteiger partial charge in [0.1, 0.15) is 47.9 Å². The molecule has 0 amide bonds. The highest BCUT2D eigenvalue weighted by Gasteiger charge is 2.46. The first kappa shape index (κ1) is 29.4. The van der Waals surface area contributed by atoms with Gasteiger partial charge in [0, 0.05) is 35.3 Å². The number of hydrogen-bond donors (Lipinski definition) is 6. The Morgan fingerprint density at radius 2 is 1.78 bits per heavy atom. The van der Waals surface area contributed by atoms with Gasteiger partial charge in [0.25, 0.3) is 0 Å². The van der Waals surface area contributed by atoms with E-state index in [2.05, 4.69) is 31.2 Å². The second-order valence-corrected chi connectivity index (χ2v) is 9.58. The van der Waals surface area contributed by atoms with Crippen molar-refractivity contribution in [1.82, 2.24) is 9.97 Å². The predicted octanol–water partition coefficient (Wildman–Crippen LogP) is 1.94. The van der Waals surface area contributed by atoms with E-state index < -0.39 is 36.6 Å². The Kier molecular flexibility index (Phi) is 10.0. The molecule has 13 heteroatoms. The fraction of sp³-hybridized carbons (Fsp3) is 0.417. The largest absolute Gasteiger partial charge is 0.496 e. The van der Waals surface area contributed by atoms with Crippen LogP contribution >= 0.6 is 27.5 Å². The lowest BCUT2D eigenvalue weighted by atomic mass is 9.87. The number of aliphatic hydroxyl groups excluding tert-OH is 5. The summed E-state index contributed by atoms with van der Waals surface area (Å²) in [7, 11) is 3.92. The number of methoxy groups -OCH3 is 3. The van der Waals surface area contributed by atoms with Gasteiger partial charge in [-0.1, -0.05) is 11.6 Å². The molecule has 0 aliphatic heterocycles. The lowest BCUT2D eigenvalue weighted by Crippen LogP contribution is -2.59. The third kappa shape index (κ3) is 6.14. The molecule has 1 unspecified atom stereocenters. The number of nitrogens with one attached hydrogen (secondary N) is 1. The van der Waals surface area contributed by atoms with Crippen LogP contribution in [-0.4, -0.2) is 94.0 Å². The molecule has 0 radical (unpaired) electrons. The van der Waals surface area contributed by atoms with Crippen molar-refractivity contribution in [2.24, 2.45) is 0 Å². The van der Waals surface area contributed by atoms with Gasteiger partial charge in [-0.15, -0.1) is 0 Å². The van der Waals surface area contributed by atoms with Gasteiger partial charge in [0.2, 0.25) is 0 Å². The van der Waals surface area contributed by atoms with Crippen LogP contribution in [0.5, 0.6) is 5.75 Å². The fourth-order valence-electron chi connectivity index (χ4n) is 3.90. The van der Waals surface area contributed by atoms with E-state index in [0.29, 0.717) is 27.4 Å². The zero-order chi connectivity index (χ0) is 27.3. The van der Waals surface area contributed by atoms with E-state index in [-0.39, 0.29) is 17.9 Å². The van der Waals surface area contributed by atoms with Crippen LogP contribution in [0, 0.1) is 0 Å². The molecule has 6 N–H and O–H groups in total. The lowest BCUT2D eigenvalue weighted by molar-refractivity contribution is -0.208. The number of ether oxygens (including phenoxy) is 3. The first-order valence-electron chi connectivity index (χ1n) is 11.0. The zero-order valence-corrected chi connectivity index (χ0v) is 22.6. The standard InChI is InChI=1S/C24H29BrClN3O8/c1-35-10-24(9-30,37-3)22(34)21(33)20(32)19(31)14-7-17-13(8-18(14)36-2)23(28-11-27-17)29-12-4-5-15(25)16(26)6-12/h4-8,11,19-22,30-34H,9-10H2,1-3H3,(H,27,28,29)/t19?,20-,21+,22-,24-/m1/s1. The van der Waals surface area contributed by atoms with E-state index in [1.807, 2.05) is 0 Å². The Morgan fingerprint density at radius 1 is 1.05 bits per heavy atom. The molecule has 0 saturated heterocycles. The second kappa shape index (κ2) is 12.6. The van der Waals surface area contributed by atoms with Gasteiger partial charge in [-0.05, 0) is 46.3 Å². The van der Waals surface area contributed by atoms with Gasteiger partial charge >= 0.3 is 0 Å². The monoisotopic (exact) mass is 601 g/mol. The Balaban J connectivity index is 1.95. The highest BCUT2D eigenvalue weighted by atomic mass is 79.9. The Morgan fingerprint density at radius 3 is 2.38 bits per heavy atom. The Labute approximate surface area is 226 Å².